The molecule has 0 radical (unpaired) electrons. The Bertz CT molecular complexity index is 1390. The Kier molecular flexibility index (Phi) is 4.84. The SMILES string of the molecule is CCOc1ccc(NC(=O)c2ccc3c(c2)OCO3)cc1-c1nc2ccc(C#N)cc2[nH]1. The van der Waals surface area contributed by atoms with Crippen molar-refractivity contribution in [3.05, 3.63) is 65.7 Å². The van der Waals surface area contributed by atoms with Crippen LogP contribution in [0.25, 0.3) is 22.4 Å². The summed E-state index contributed by atoms with van der Waals surface area (Å²) in [5.41, 5.74) is 3.77. The van der Waals surface area contributed by atoms with Gasteiger partial charge in [-0.3, -0.25) is 4.79 Å². The van der Waals surface area contributed by atoms with Gasteiger partial charge in [0.25, 0.3) is 5.91 Å². The maximum atomic E-state index is 12.8. The van der Waals surface area contributed by atoms with Gasteiger partial charge in [0.15, 0.2) is 11.5 Å². The van der Waals surface area contributed by atoms with E-state index < -0.39 is 0 Å². The molecule has 1 aliphatic rings. The molecular weight excluding hydrogens is 408 g/mol. The highest BCUT2D eigenvalue weighted by atomic mass is 16.7. The van der Waals surface area contributed by atoms with E-state index in [9.17, 15) is 4.79 Å². The molecule has 0 bridgehead atoms. The molecular formula is C24H18N4O4. The number of nitrogens with zero attached hydrogens (tertiary/aromatic N) is 2. The van der Waals surface area contributed by atoms with Gasteiger partial charge in [0.2, 0.25) is 6.79 Å². The van der Waals surface area contributed by atoms with Crippen molar-refractivity contribution in [3.63, 3.8) is 0 Å². The minimum atomic E-state index is -0.276. The molecule has 4 aromatic rings. The molecule has 2 N–H and O–H groups in total. The van der Waals surface area contributed by atoms with Crippen molar-refractivity contribution in [2.24, 2.45) is 0 Å². The van der Waals surface area contributed by atoms with Crippen molar-refractivity contribution >= 4 is 22.6 Å². The van der Waals surface area contributed by atoms with Crippen LogP contribution in [0.5, 0.6) is 17.2 Å². The van der Waals surface area contributed by atoms with E-state index in [1.165, 1.54) is 0 Å². The van der Waals surface area contributed by atoms with Crippen LogP contribution in [0.2, 0.25) is 0 Å². The van der Waals surface area contributed by atoms with Gasteiger partial charge in [0, 0.05) is 11.3 Å². The summed E-state index contributed by atoms with van der Waals surface area (Å²) in [4.78, 5) is 20.7. The molecule has 32 heavy (non-hydrogen) atoms. The minimum Gasteiger partial charge on any atom is -0.493 e. The number of aromatic nitrogens is 2. The first kappa shape index (κ1) is 19.5. The number of nitriles is 1. The van der Waals surface area contributed by atoms with Gasteiger partial charge in [-0.1, -0.05) is 0 Å². The smallest absolute Gasteiger partial charge is 0.255 e. The monoisotopic (exact) mass is 426 g/mol. The van der Waals surface area contributed by atoms with Crippen LogP contribution >= 0.6 is 0 Å². The summed E-state index contributed by atoms with van der Waals surface area (Å²) in [7, 11) is 0. The molecule has 8 nitrogen and oxygen atoms in total. The van der Waals surface area contributed by atoms with E-state index in [1.807, 2.05) is 6.92 Å². The molecule has 0 aliphatic carbocycles. The second-order valence-corrected chi connectivity index (χ2v) is 7.10. The van der Waals surface area contributed by atoms with E-state index in [-0.39, 0.29) is 12.7 Å². The van der Waals surface area contributed by atoms with Crippen molar-refractivity contribution in [2.45, 2.75) is 6.92 Å². The van der Waals surface area contributed by atoms with Crippen molar-refractivity contribution in [2.75, 3.05) is 18.7 Å². The summed E-state index contributed by atoms with van der Waals surface area (Å²) in [5.74, 6) is 2.10. The number of aromatic amines is 1. The lowest BCUT2D eigenvalue weighted by Gasteiger charge is -2.12. The fraction of sp³-hybridized carbons (Fsp3) is 0.125. The maximum absolute atomic E-state index is 12.8. The second kappa shape index (κ2) is 7.96. The number of hydrogen-bond donors (Lipinski definition) is 2. The van der Waals surface area contributed by atoms with E-state index in [1.54, 1.807) is 54.6 Å². The fourth-order valence-electron chi connectivity index (χ4n) is 3.52. The van der Waals surface area contributed by atoms with E-state index >= 15 is 0 Å². The number of imidazole rings is 1. The summed E-state index contributed by atoms with van der Waals surface area (Å²) < 4.78 is 16.4. The molecule has 0 fully saturated rings. The fourth-order valence-corrected chi connectivity index (χ4v) is 3.52. The Morgan fingerprint density at radius 3 is 2.88 bits per heavy atom. The van der Waals surface area contributed by atoms with Crippen LogP contribution in [0.4, 0.5) is 5.69 Å². The highest BCUT2D eigenvalue weighted by molar-refractivity contribution is 6.05. The van der Waals surface area contributed by atoms with Crippen LogP contribution in [0, 0.1) is 11.3 Å². The number of anilines is 1. The molecule has 1 amide bonds. The summed E-state index contributed by atoms with van der Waals surface area (Å²) in [5, 5.41) is 12.0. The van der Waals surface area contributed by atoms with Crippen molar-refractivity contribution in [3.8, 4) is 34.7 Å². The third-order valence-corrected chi connectivity index (χ3v) is 5.04. The lowest BCUT2D eigenvalue weighted by atomic mass is 10.1. The standard InChI is InChI=1S/C24H18N4O4/c1-2-30-20-8-5-16(26-24(29)15-4-7-21-22(10-15)32-13-31-21)11-17(20)23-27-18-6-3-14(12-25)9-19(18)28-23/h3-11H,2,13H2,1H3,(H,26,29)(H,27,28). The molecule has 158 valence electrons. The topological polar surface area (TPSA) is 109 Å². The molecule has 8 heteroatoms. The van der Waals surface area contributed by atoms with Gasteiger partial charge in [0.05, 0.1) is 34.8 Å². The largest absolute Gasteiger partial charge is 0.493 e. The number of carbonyl (C=O) groups excluding carboxylic acids is 1. The van der Waals surface area contributed by atoms with Gasteiger partial charge in [-0.25, -0.2) is 4.98 Å². The van der Waals surface area contributed by atoms with Crippen LogP contribution in [0.1, 0.15) is 22.8 Å². The van der Waals surface area contributed by atoms with Crippen LogP contribution in [0.15, 0.2) is 54.6 Å². The Morgan fingerprint density at radius 2 is 2.03 bits per heavy atom. The molecule has 2 heterocycles. The molecule has 1 aromatic heterocycles. The van der Waals surface area contributed by atoms with E-state index in [2.05, 4.69) is 21.4 Å². The van der Waals surface area contributed by atoms with Crippen LogP contribution in [-0.4, -0.2) is 29.3 Å². The van der Waals surface area contributed by atoms with Crippen molar-refractivity contribution in [1.82, 2.24) is 9.97 Å². The summed E-state index contributed by atoms with van der Waals surface area (Å²) in [6.07, 6.45) is 0. The number of carbonyl (C=O) groups is 1. The quantitative estimate of drug-likeness (QED) is 0.487. The zero-order chi connectivity index (χ0) is 22.1. The molecule has 3 aromatic carbocycles. The van der Waals surface area contributed by atoms with Gasteiger partial charge in [-0.2, -0.15) is 5.26 Å². The van der Waals surface area contributed by atoms with Crippen LogP contribution in [0.3, 0.4) is 0 Å². The Morgan fingerprint density at radius 1 is 1.16 bits per heavy atom. The number of nitrogens with one attached hydrogen (secondary N) is 2. The zero-order valence-corrected chi connectivity index (χ0v) is 17.1. The third-order valence-electron chi connectivity index (χ3n) is 5.04. The highest BCUT2D eigenvalue weighted by Crippen LogP contribution is 2.34. The first-order valence-electron chi connectivity index (χ1n) is 10.0. The average Bonchev–Trinajstić information content (AvgIpc) is 3.45. The van der Waals surface area contributed by atoms with Gasteiger partial charge < -0.3 is 24.5 Å². The Balaban J connectivity index is 1.48. The number of amides is 1. The van der Waals surface area contributed by atoms with E-state index in [0.717, 1.165) is 11.0 Å². The molecule has 0 saturated carbocycles. The highest BCUT2D eigenvalue weighted by Gasteiger charge is 2.18. The molecule has 0 atom stereocenters. The second-order valence-electron chi connectivity index (χ2n) is 7.10. The van der Waals surface area contributed by atoms with Crippen molar-refractivity contribution in [1.29, 1.82) is 5.26 Å². The van der Waals surface area contributed by atoms with Crippen molar-refractivity contribution < 1.29 is 19.0 Å². The van der Waals surface area contributed by atoms with Gasteiger partial charge in [0.1, 0.15) is 11.6 Å². The number of fused-ring (bicyclic) bond motifs is 2. The summed E-state index contributed by atoms with van der Waals surface area (Å²) in [6, 6.07) is 17.8. The number of rotatable bonds is 5. The predicted octanol–water partition coefficient (Wildman–Crippen LogP) is 4.48. The summed E-state index contributed by atoms with van der Waals surface area (Å²) in [6.45, 7) is 2.53. The summed E-state index contributed by atoms with van der Waals surface area (Å²) >= 11 is 0. The minimum absolute atomic E-state index is 0.149. The van der Waals surface area contributed by atoms with E-state index in [4.69, 9.17) is 19.5 Å². The zero-order valence-electron chi connectivity index (χ0n) is 17.1. The molecule has 1 aliphatic heterocycles. The normalized spacial score (nSPS) is 11.9. The molecule has 0 unspecified atom stereocenters. The molecule has 5 rings (SSSR count). The molecule has 0 spiro atoms. The average molecular weight is 426 g/mol. The first-order valence-corrected chi connectivity index (χ1v) is 10.0. The van der Waals surface area contributed by atoms with Crippen LogP contribution in [-0.2, 0) is 0 Å². The number of ether oxygens (including phenoxy) is 3. The number of H-pyrrole nitrogens is 1. The Hall–Kier alpha value is -4.51. The lowest BCUT2D eigenvalue weighted by molar-refractivity contribution is 0.102. The lowest BCUT2D eigenvalue weighted by Crippen LogP contribution is -2.12. The van der Waals surface area contributed by atoms with Gasteiger partial charge >= 0.3 is 0 Å². The van der Waals surface area contributed by atoms with E-state index in [0.29, 0.717) is 52.1 Å². The maximum Gasteiger partial charge on any atom is 0.255 e. The van der Waals surface area contributed by atoms with Gasteiger partial charge in [-0.05, 0) is 61.5 Å². The number of benzene rings is 3. The molecule has 0 saturated heterocycles. The van der Waals surface area contributed by atoms with Gasteiger partial charge in [-0.15, -0.1) is 0 Å². The predicted molar refractivity (Wildman–Crippen MR) is 118 cm³/mol. The third kappa shape index (κ3) is 3.56. The number of hydrogen-bond acceptors (Lipinski definition) is 6. The first-order chi connectivity index (χ1) is 15.6. The Labute approximate surface area is 183 Å². The van der Waals surface area contributed by atoms with Crippen LogP contribution < -0.4 is 19.5 Å².